The van der Waals surface area contributed by atoms with Crippen molar-refractivity contribution in [1.82, 2.24) is 0 Å². The number of aliphatic hydroxyl groups excluding tert-OH is 1. The fourth-order valence-electron chi connectivity index (χ4n) is 1.81. The smallest absolute Gasteiger partial charge is 0.142 e. The van der Waals surface area contributed by atoms with E-state index in [2.05, 4.69) is 0 Å². The van der Waals surface area contributed by atoms with E-state index in [4.69, 9.17) is 11.6 Å². The summed E-state index contributed by atoms with van der Waals surface area (Å²) in [5.74, 6) is -1.07. The molecule has 0 spiro atoms. The minimum absolute atomic E-state index is 0.145. The molecule has 2 aromatic rings. The van der Waals surface area contributed by atoms with Crippen LogP contribution in [-0.4, -0.2) is 5.11 Å². The molecule has 0 aromatic heterocycles. The van der Waals surface area contributed by atoms with E-state index in [1.54, 1.807) is 13.0 Å². The van der Waals surface area contributed by atoms with Gasteiger partial charge in [-0.15, -0.1) is 0 Å². The zero-order chi connectivity index (χ0) is 13.3. The first-order chi connectivity index (χ1) is 8.50. The predicted molar refractivity (Wildman–Crippen MR) is 66.6 cm³/mol. The van der Waals surface area contributed by atoms with Gasteiger partial charge in [0, 0.05) is 5.56 Å². The first-order valence-electron chi connectivity index (χ1n) is 5.38. The van der Waals surface area contributed by atoms with E-state index in [9.17, 15) is 13.9 Å². The highest BCUT2D eigenvalue weighted by Crippen LogP contribution is 2.31. The van der Waals surface area contributed by atoms with Crippen molar-refractivity contribution in [3.8, 4) is 0 Å². The van der Waals surface area contributed by atoms with Crippen LogP contribution >= 0.6 is 11.6 Å². The average Bonchev–Trinajstić information content (AvgIpc) is 2.35. The molecule has 18 heavy (non-hydrogen) atoms. The number of halogens is 3. The minimum atomic E-state index is -1.15. The maximum absolute atomic E-state index is 13.3. The molecule has 1 atom stereocenters. The van der Waals surface area contributed by atoms with Crippen molar-refractivity contribution in [2.24, 2.45) is 0 Å². The fraction of sp³-hybridized carbons (Fsp3) is 0.143. The lowest BCUT2D eigenvalue weighted by Gasteiger charge is -2.15. The Morgan fingerprint density at radius 1 is 1.11 bits per heavy atom. The van der Waals surface area contributed by atoms with Gasteiger partial charge in [-0.25, -0.2) is 8.78 Å². The van der Waals surface area contributed by atoms with Crippen molar-refractivity contribution >= 4 is 11.6 Å². The van der Waals surface area contributed by atoms with Crippen molar-refractivity contribution in [2.75, 3.05) is 0 Å². The van der Waals surface area contributed by atoms with Gasteiger partial charge in [-0.2, -0.15) is 0 Å². The van der Waals surface area contributed by atoms with Gasteiger partial charge in [-0.05, 0) is 36.2 Å². The summed E-state index contributed by atoms with van der Waals surface area (Å²) in [5, 5.41) is 10.0. The van der Waals surface area contributed by atoms with E-state index in [1.165, 1.54) is 30.3 Å². The average molecular weight is 269 g/mol. The summed E-state index contributed by atoms with van der Waals surface area (Å²) in [6, 6.07) is 8.26. The molecule has 1 N–H and O–H groups in total. The Morgan fingerprint density at radius 2 is 1.83 bits per heavy atom. The summed E-state index contributed by atoms with van der Waals surface area (Å²) in [6.45, 7) is 1.74. The summed E-state index contributed by atoms with van der Waals surface area (Å²) < 4.78 is 26.5. The Balaban J connectivity index is 2.51. The van der Waals surface area contributed by atoms with Gasteiger partial charge in [0.2, 0.25) is 0 Å². The van der Waals surface area contributed by atoms with Crippen LogP contribution < -0.4 is 0 Å². The van der Waals surface area contributed by atoms with Crippen LogP contribution in [-0.2, 0) is 0 Å². The summed E-state index contributed by atoms with van der Waals surface area (Å²) in [5.41, 5.74) is 1.32. The minimum Gasteiger partial charge on any atom is -0.384 e. The van der Waals surface area contributed by atoms with Crippen molar-refractivity contribution < 1.29 is 13.9 Å². The van der Waals surface area contributed by atoms with E-state index >= 15 is 0 Å². The predicted octanol–water partition coefficient (Wildman–Crippen LogP) is 4.01. The van der Waals surface area contributed by atoms with Gasteiger partial charge in [-0.3, -0.25) is 0 Å². The maximum Gasteiger partial charge on any atom is 0.142 e. The highest BCUT2D eigenvalue weighted by Gasteiger charge is 2.18. The molecule has 0 aliphatic carbocycles. The number of hydrogen-bond donors (Lipinski definition) is 1. The molecular weight excluding hydrogens is 258 g/mol. The molecule has 0 radical (unpaired) electrons. The second-order valence-electron chi connectivity index (χ2n) is 4.05. The summed E-state index contributed by atoms with van der Waals surface area (Å²) >= 11 is 5.80. The van der Waals surface area contributed by atoms with E-state index < -0.39 is 17.7 Å². The third-order valence-corrected chi connectivity index (χ3v) is 3.21. The normalized spacial score (nSPS) is 12.5. The lowest BCUT2D eigenvalue weighted by molar-refractivity contribution is 0.218. The van der Waals surface area contributed by atoms with Gasteiger partial charge < -0.3 is 5.11 Å². The molecule has 1 nitrogen and oxygen atoms in total. The Morgan fingerprint density at radius 3 is 2.56 bits per heavy atom. The van der Waals surface area contributed by atoms with Crippen LogP contribution in [0.3, 0.4) is 0 Å². The van der Waals surface area contributed by atoms with E-state index in [0.29, 0.717) is 11.1 Å². The topological polar surface area (TPSA) is 20.2 Å². The fourth-order valence-corrected chi connectivity index (χ4v) is 2.03. The van der Waals surface area contributed by atoms with Gasteiger partial charge in [0.05, 0.1) is 5.02 Å². The Hall–Kier alpha value is -1.45. The molecule has 0 heterocycles. The second-order valence-corrected chi connectivity index (χ2v) is 4.42. The lowest BCUT2D eigenvalue weighted by atomic mass is 9.97. The number of hydrogen-bond acceptors (Lipinski definition) is 1. The maximum atomic E-state index is 13.3. The zero-order valence-electron chi connectivity index (χ0n) is 9.62. The molecular formula is C14H11ClF2O. The number of benzene rings is 2. The van der Waals surface area contributed by atoms with Crippen LogP contribution in [0.5, 0.6) is 0 Å². The highest BCUT2D eigenvalue weighted by atomic mass is 35.5. The van der Waals surface area contributed by atoms with Gasteiger partial charge in [0.1, 0.15) is 17.7 Å². The van der Waals surface area contributed by atoms with Crippen LogP contribution in [0.25, 0.3) is 0 Å². The summed E-state index contributed by atoms with van der Waals surface area (Å²) in [6.07, 6.45) is -1.15. The van der Waals surface area contributed by atoms with Crippen molar-refractivity contribution in [3.63, 3.8) is 0 Å². The Labute approximate surface area is 109 Å². The zero-order valence-corrected chi connectivity index (χ0v) is 10.4. The van der Waals surface area contributed by atoms with Crippen LogP contribution in [0.15, 0.2) is 36.4 Å². The van der Waals surface area contributed by atoms with Crippen molar-refractivity contribution in [3.05, 3.63) is 69.7 Å². The second kappa shape index (κ2) is 5.04. The quantitative estimate of drug-likeness (QED) is 0.873. The standard InChI is InChI=1S/C14H11ClF2O/c1-8-5-6-9(16)7-11(8)14(18)10-3-2-4-12(17)13(10)15/h2-7,14,18H,1H3. The number of rotatable bonds is 2. The molecule has 94 valence electrons. The molecule has 0 bridgehead atoms. The third kappa shape index (κ3) is 2.37. The molecule has 0 saturated heterocycles. The summed E-state index contributed by atoms with van der Waals surface area (Å²) in [4.78, 5) is 0. The summed E-state index contributed by atoms with van der Waals surface area (Å²) in [7, 11) is 0. The molecule has 0 fully saturated rings. The van der Waals surface area contributed by atoms with Crippen LogP contribution in [0.1, 0.15) is 22.8 Å². The van der Waals surface area contributed by atoms with Crippen LogP contribution in [0.4, 0.5) is 8.78 Å². The molecule has 0 amide bonds. The van der Waals surface area contributed by atoms with Gasteiger partial charge in [-0.1, -0.05) is 29.8 Å². The van der Waals surface area contributed by atoms with E-state index in [0.717, 1.165) is 0 Å². The highest BCUT2D eigenvalue weighted by molar-refractivity contribution is 6.31. The Kier molecular flexibility index (Phi) is 3.64. The van der Waals surface area contributed by atoms with E-state index in [-0.39, 0.29) is 10.6 Å². The lowest BCUT2D eigenvalue weighted by Crippen LogP contribution is -2.04. The van der Waals surface area contributed by atoms with Crippen molar-refractivity contribution in [2.45, 2.75) is 13.0 Å². The molecule has 0 saturated carbocycles. The van der Waals surface area contributed by atoms with Crippen molar-refractivity contribution in [1.29, 1.82) is 0 Å². The van der Waals surface area contributed by atoms with Crippen LogP contribution in [0, 0.1) is 18.6 Å². The Bertz CT molecular complexity index is 582. The largest absolute Gasteiger partial charge is 0.384 e. The van der Waals surface area contributed by atoms with Gasteiger partial charge in [0.15, 0.2) is 0 Å². The first kappa shape index (κ1) is 13.0. The van der Waals surface area contributed by atoms with Gasteiger partial charge >= 0.3 is 0 Å². The monoisotopic (exact) mass is 268 g/mol. The van der Waals surface area contributed by atoms with E-state index in [1.807, 2.05) is 0 Å². The molecule has 4 heteroatoms. The SMILES string of the molecule is Cc1ccc(F)cc1C(O)c1cccc(F)c1Cl. The molecule has 2 rings (SSSR count). The molecule has 2 aromatic carbocycles. The molecule has 0 aliphatic rings. The van der Waals surface area contributed by atoms with Crippen LogP contribution in [0.2, 0.25) is 5.02 Å². The molecule has 1 unspecified atom stereocenters. The third-order valence-electron chi connectivity index (χ3n) is 2.81. The first-order valence-corrected chi connectivity index (χ1v) is 5.76. The number of aliphatic hydroxyl groups is 1. The van der Waals surface area contributed by atoms with Gasteiger partial charge in [0.25, 0.3) is 0 Å². The molecule has 0 aliphatic heterocycles. The number of aryl methyl sites for hydroxylation is 1.